The van der Waals surface area contributed by atoms with Crippen molar-refractivity contribution < 1.29 is 9.67 Å². The lowest BCUT2D eigenvalue weighted by Crippen LogP contribution is -2.22. The number of hydrogen-bond acceptors (Lipinski definition) is 2. The maximum absolute atomic E-state index is 15.0. The Bertz CT molecular complexity index is 1120. The normalized spacial score (nSPS) is 12.4. The van der Waals surface area contributed by atoms with Gasteiger partial charge in [-0.15, -0.1) is 0 Å². The molecular formula is C25H20ClO2P. The largest absolute Gasteiger partial charge is 0.508 e. The minimum Gasteiger partial charge on any atom is -0.508 e. The minimum atomic E-state index is -3.24. The lowest BCUT2D eigenvalue weighted by molar-refractivity contribution is 0.468. The van der Waals surface area contributed by atoms with Crippen molar-refractivity contribution in [1.29, 1.82) is 0 Å². The number of para-hydroxylation sites is 1. The highest BCUT2D eigenvalue weighted by molar-refractivity contribution is 7.79. The smallest absolute Gasteiger partial charge is 0.154 e. The first kappa shape index (κ1) is 19.5. The number of aromatic hydroxyl groups is 1. The van der Waals surface area contributed by atoms with Crippen LogP contribution in [0, 0.1) is 0 Å². The summed E-state index contributed by atoms with van der Waals surface area (Å²) in [7, 11) is -3.24. The quantitative estimate of drug-likeness (QED) is 0.395. The fourth-order valence-electron chi connectivity index (χ4n) is 3.73. The van der Waals surface area contributed by atoms with Gasteiger partial charge in [0.1, 0.15) is 5.75 Å². The molecular weight excluding hydrogens is 399 g/mol. The summed E-state index contributed by atoms with van der Waals surface area (Å²) in [6, 6.07) is 33.5. The van der Waals surface area contributed by atoms with Crippen LogP contribution in [-0.2, 0) is 4.57 Å². The minimum absolute atomic E-state index is 0.115. The summed E-state index contributed by atoms with van der Waals surface area (Å²) in [5.41, 5.74) is 0.841. The monoisotopic (exact) mass is 418 g/mol. The van der Waals surface area contributed by atoms with Gasteiger partial charge >= 0.3 is 0 Å². The maximum atomic E-state index is 15.0. The zero-order chi connectivity index (χ0) is 20.3. The fraction of sp³-hybridized carbons (Fsp3) is 0.0400. The predicted molar refractivity (Wildman–Crippen MR) is 121 cm³/mol. The molecule has 0 aliphatic heterocycles. The predicted octanol–water partition coefficient (Wildman–Crippen LogP) is 6.15. The number of phenols is 1. The summed E-state index contributed by atoms with van der Waals surface area (Å²) in [6.07, 6.45) is 0. The van der Waals surface area contributed by atoms with Gasteiger partial charge in [-0.05, 0) is 23.8 Å². The summed E-state index contributed by atoms with van der Waals surface area (Å²) in [4.78, 5) is 0. The van der Waals surface area contributed by atoms with Crippen molar-refractivity contribution in [3.63, 3.8) is 0 Å². The fourth-order valence-corrected chi connectivity index (χ4v) is 7.24. The van der Waals surface area contributed by atoms with Crippen LogP contribution < -0.4 is 10.6 Å². The second-order valence-electron chi connectivity index (χ2n) is 6.85. The molecule has 4 aromatic rings. The third-order valence-electron chi connectivity index (χ3n) is 5.04. The lowest BCUT2D eigenvalue weighted by Gasteiger charge is -2.30. The van der Waals surface area contributed by atoms with Crippen LogP contribution in [0.4, 0.5) is 0 Å². The Morgan fingerprint density at radius 1 is 0.690 bits per heavy atom. The SMILES string of the molecule is O=P(c1ccccc1)(c1ccccc1)C(c1cccc(Cl)c1)c1ccccc1O. The maximum Gasteiger partial charge on any atom is 0.154 e. The third-order valence-corrected chi connectivity index (χ3v) is 8.71. The topological polar surface area (TPSA) is 37.3 Å². The van der Waals surface area contributed by atoms with E-state index in [0.717, 1.165) is 16.2 Å². The molecule has 0 bridgehead atoms. The van der Waals surface area contributed by atoms with Gasteiger partial charge in [0, 0.05) is 21.2 Å². The van der Waals surface area contributed by atoms with Gasteiger partial charge in [0.2, 0.25) is 0 Å². The van der Waals surface area contributed by atoms with Crippen LogP contribution in [0.15, 0.2) is 109 Å². The highest BCUT2D eigenvalue weighted by Gasteiger charge is 2.40. The Balaban J connectivity index is 2.07. The van der Waals surface area contributed by atoms with Gasteiger partial charge in [0.15, 0.2) is 7.14 Å². The van der Waals surface area contributed by atoms with Crippen LogP contribution in [0.3, 0.4) is 0 Å². The standard InChI is InChI=1S/C25H20ClO2P/c26-20-11-9-10-19(18-20)25(23-16-7-8-17-24(23)27)29(28,21-12-3-1-4-13-21)22-14-5-2-6-15-22/h1-18,25,27H. The number of phenolic OH excluding ortho intramolecular Hbond substituents is 1. The van der Waals surface area contributed by atoms with Gasteiger partial charge in [-0.1, -0.05) is 103 Å². The zero-order valence-corrected chi connectivity index (χ0v) is 17.3. The van der Waals surface area contributed by atoms with Crippen molar-refractivity contribution in [1.82, 2.24) is 0 Å². The molecule has 0 aromatic heterocycles. The Morgan fingerprint density at radius 2 is 1.24 bits per heavy atom. The van der Waals surface area contributed by atoms with Gasteiger partial charge in [-0.3, -0.25) is 0 Å². The average Bonchev–Trinajstić information content (AvgIpc) is 2.76. The molecule has 29 heavy (non-hydrogen) atoms. The molecule has 0 heterocycles. The highest BCUT2D eigenvalue weighted by atomic mass is 35.5. The Labute approximate surface area is 175 Å². The van der Waals surface area contributed by atoms with Crippen molar-refractivity contribution in [3.8, 4) is 5.75 Å². The summed E-state index contributed by atoms with van der Waals surface area (Å²) < 4.78 is 15.0. The van der Waals surface area contributed by atoms with E-state index in [-0.39, 0.29) is 5.75 Å². The van der Waals surface area contributed by atoms with Crippen molar-refractivity contribution in [3.05, 3.63) is 125 Å². The summed E-state index contributed by atoms with van der Waals surface area (Å²) in [6.45, 7) is 0. The summed E-state index contributed by atoms with van der Waals surface area (Å²) in [5.74, 6) is 0.115. The molecule has 0 aliphatic carbocycles. The lowest BCUT2D eigenvalue weighted by atomic mass is 10.0. The van der Waals surface area contributed by atoms with E-state index < -0.39 is 12.8 Å². The molecule has 0 saturated heterocycles. The van der Waals surface area contributed by atoms with Crippen molar-refractivity contribution in [2.75, 3.05) is 0 Å². The molecule has 0 aliphatic rings. The molecule has 0 fully saturated rings. The second-order valence-corrected chi connectivity index (χ2v) is 10.1. The molecule has 1 N–H and O–H groups in total. The van der Waals surface area contributed by atoms with Crippen LogP contribution >= 0.6 is 18.7 Å². The molecule has 0 saturated carbocycles. The van der Waals surface area contributed by atoms with Crippen LogP contribution in [0.5, 0.6) is 5.75 Å². The van der Waals surface area contributed by atoms with Gasteiger partial charge in [0.25, 0.3) is 0 Å². The second kappa shape index (κ2) is 8.29. The van der Waals surface area contributed by atoms with Crippen LogP contribution in [0.1, 0.15) is 16.8 Å². The van der Waals surface area contributed by atoms with Crippen molar-refractivity contribution in [2.45, 2.75) is 5.66 Å². The Kier molecular flexibility index (Phi) is 5.58. The van der Waals surface area contributed by atoms with E-state index in [9.17, 15) is 5.11 Å². The number of rotatable bonds is 5. The van der Waals surface area contributed by atoms with Crippen LogP contribution in [0.2, 0.25) is 5.02 Å². The van der Waals surface area contributed by atoms with Gasteiger partial charge < -0.3 is 9.67 Å². The molecule has 4 rings (SSSR count). The third kappa shape index (κ3) is 3.74. The van der Waals surface area contributed by atoms with Crippen LogP contribution in [-0.4, -0.2) is 5.11 Å². The number of hydrogen-bond donors (Lipinski definition) is 1. The van der Waals surface area contributed by atoms with E-state index in [0.29, 0.717) is 10.6 Å². The molecule has 0 amide bonds. The van der Waals surface area contributed by atoms with Gasteiger partial charge in [-0.25, -0.2) is 0 Å². The first-order valence-electron chi connectivity index (χ1n) is 9.35. The highest BCUT2D eigenvalue weighted by Crippen LogP contribution is 2.61. The number of benzene rings is 4. The summed E-state index contributed by atoms with van der Waals surface area (Å²) >= 11 is 6.31. The molecule has 0 spiro atoms. The molecule has 2 nitrogen and oxygen atoms in total. The first-order valence-corrected chi connectivity index (χ1v) is 11.5. The molecule has 0 radical (unpaired) electrons. The van der Waals surface area contributed by atoms with E-state index in [1.54, 1.807) is 18.2 Å². The van der Waals surface area contributed by atoms with Gasteiger partial charge in [-0.2, -0.15) is 0 Å². The van der Waals surface area contributed by atoms with E-state index in [1.807, 2.05) is 91.0 Å². The molecule has 4 aromatic carbocycles. The first-order chi connectivity index (χ1) is 14.1. The van der Waals surface area contributed by atoms with E-state index >= 15 is 4.57 Å². The van der Waals surface area contributed by atoms with Crippen molar-refractivity contribution >= 4 is 29.4 Å². The van der Waals surface area contributed by atoms with Crippen LogP contribution in [0.25, 0.3) is 0 Å². The summed E-state index contributed by atoms with van der Waals surface area (Å²) in [5, 5.41) is 12.8. The Morgan fingerprint density at radius 3 is 1.79 bits per heavy atom. The molecule has 144 valence electrons. The molecule has 1 atom stereocenters. The molecule has 4 heteroatoms. The van der Waals surface area contributed by atoms with E-state index in [1.165, 1.54) is 0 Å². The van der Waals surface area contributed by atoms with Crippen molar-refractivity contribution in [2.24, 2.45) is 0 Å². The number of halogens is 1. The molecule has 1 unspecified atom stereocenters. The zero-order valence-electron chi connectivity index (χ0n) is 15.7. The Hall–Kier alpha value is -2.80. The van der Waals surface area contributed by atoms with E-state index in [2.05, 4.69) is 0 Å². The van der Waals surface area contributed by atoms with E-state index in [4.69, 9.17) is 11.6 Å². The average molecular weight is 419 g/mol. The van der Waals surface area contributed by atoms with Gasteiger partial charge in [0.05, 0.1) is 5.66 Å².